The number of hydrogen-bond acceptors (Lipinski definition) is 3. The van der Waals surface area contributed by atoms with Crippen LogP contribution < -0.4 is 0 Å². The summed E-state index contributed by atoms with van der Waals surface area (Å²) in [5.74, 6) is -0.534. The normalized spacial score (nSPS) is 19.4. The maximum absolute atomic E-state index is 11.0. The van der Waals surface area contributed by atoms with Crippen LogP contribution in [0.4, 0.5) is 0 Å². The number of methoxy groups -OCH3 is 1. The van der Waals surface area contributed by atoms with Crippen molar-refractivity contribution in [3.63, 3.8) is 0 Å². The Labute approximate surface area is 109 Å². The van der Waals surface area contributed by atoms with Crippen LogP contribution in [0, 0.1) is 5.41 Å². The molecule has 1 unspecified atom stereocenters. The van der Waals surface area contributed by atoms with E-state index in [4.69, 9.17) is 5.11 Å². The number of carboxylic acids is 1. The molecule has 104 valence electrons. The van der Waals surface area contributed by atoms with Crippen molar-refractivity contribution in [2.45, 2.75) is 53.1 Å². The summed E-state index contributed by atoms with van der Waals surface area (Å²) in [6, 6.07) is 0. The molecule has 0 aliphatic heterocycles. The van der Waals surface area contributed by atoms with Crippen LogP contribution in [0.5, 0.6) is 0 Å². The molecule has 0 aromatic rings. The van der Waals surface area contributed by atoms with Crippen molar-refractivity contribution in [1.82, 2.24) is 0 Å². The first-order chi connectivity index (χ1) is 8.16. The molecular weight excluding hydrogens is 232 g/mol. The molecule has 0 heterocycles. The van der Waals surface area contributed by atoms with E-state index in [1.165, 1.54) is 12.7 Å². The van der Waals surface area contributed by atoms with Crippen LogP contribution >= 0.6 is 0 Å². The number of carboxylic acid groups (broad SMARTS) is 1. The largest absolute Gasteiger partial charge is 0.481 e. The standard InChI is InChI=1S/C9H14O.C5H10O3/c1-7-4-8(10)6-9(2,3)5-7;1-4(8-2)3-5(6)7/h4H,5-6H2,1-3H3;4H,3H2,1-2H3,(H,6,7). The van der Waals surface area contributed by atoms with Crippen molar-refractivity contribution in [2.24, 2.45) is 5.41 Å². The topological polar surface area (TPSA) is 63.6 Å². The Morgan fingerprint density at radius 1 is 1.50 bits per heavy atom. The maximum Gasteiger partial charge on any atom is 0.305 e. The average Bonchev–Trinajstić information content (AvgIpc) is 2.13. The number of ketones is 1. The van der Waals surface area contributed by atoms with Gasteiger partial charge in [-0.1, -0.05) is 19.4 Å². The molecule has 1 aliphatic carbocycles. The van der Waals surface area contributed by atoms with Crippen LogP contribution in [0.3, 0.4) is 0 Å². The van der Waals surface area contributed by atoms with Crippen LogP contribution in [0.15, 0.2) is 11.6 Å². The van der Waals surface area contributed by atoms with E-state index in [-0.39, 0.29) is 23.7 Å². The van der Waals surface area contributed by atoms with Crippen molar-refractivity contribution in [3.8, 4) is 0 Å². The number of rotatable bonds is 3. The van der Waals surface area contributed by atoms with Crippen LogP contribution in [-0.2, 0) is 14.3 Å². The van der Waals surface area contributed by atoms with Gasteiger partial charge in [0.25, 0.3) is 0 Å². The Morgan fingerprint density at radius 3 is 2.33 bits per heavy atom. The summed E-state index contributed by atoms with van der Waals surface area (Å²) in [7, 11) is 1.49. The number of aliphatic carboxylic acids is 1. The van der Waals surface area contributed by atoms with Crippen LogP contribution in [0.2, 0.25) is 0 Å². The minimum absolute atomic E-state index is 0.0799. The van der Waals surface area contributed by atoms with E-state index in [1.807, 2.05) is 6.92 Å². The summed E-state index contributed by atoms with van der Waals surface area (Å²) in [6.07, 6.45) is 3.46. The third-order valence-electron chi connectivity index (χ3n) is 2.68. The molecule has 0 radical (unpaired) electrons. The third kappa shape index (κ3) is 8.01. The van der Waals surface area contributed by atoms with Crippen LogP contribution in [0.25, 0.3) is 0 Å². The van der Waals surface area contributed by atoms with Crippen molar-refractivity contribution in [3.05, 3.63) is 11.6 Å². The van der Waals surface area contributed by atoms with E-state index >= 15 is 0 Å². The number of carbonyl (C=O) groups excluding carboxylic acids is 1. The molecule has 0 saturated heterocycles. The van der Waals surface area contributed by atoms with Gasteiger partial charge in [0.05, 0.1) is 12.5 Å². The Morgan fingerprint density at radius 2 is 2.06 bits per heavy atom. The van der Waals surface area contributed by atoms with Gasteiger partial charge in [0.15, 0.2) is 5.78 Å². The van der Waals surface area contributed by atoms with Crippen molar-refractivity contribution in [2.75, 3.05) is 7.11 Å². The van der Waals surface area contributed by atoms with Gasteiger partial charge in [-0.2, -0.15) is 0 Å². The van der Waals surface area contributed by atoms with Crippen LogP contribution in [-0.4, -0.2) is 30.1 Å². The monoisotopic (exact) mass is 256 g/mol. The third-order valence-corrected chi connectivity index (χ3v) is 2.68. The Kier molecular flexibility index (Phi) is 6.84. The molecule has 18 heavy (non-hydrogen) atoms. The van der Waals surface area contributed by atoms with E-state index in [9.17, 15) is 9.59 Å². The fraction of sp³-hybridized carbons (Fsp3) is 0.714. The van der Waals surface area contributed by atoms with Crippen molar-refractivity contribution < 1.29 is 19.4 Å². The first-order valence-corrected chi connectivity index (χ1v) is 6.11. The smallest absolute Gasteiger partial charge is 0.305 e. The van der Waals surface area contributed by atoms with E-state index in [0.717, 1.165) is 6.42 Å². The highest BCUT2D eigenvalue weighted by Gasteiger charge is 2.25. The second-order valence-corrected chi connectivity index (χ2v) is 5.62. The van der Waals surface area contributed by atoms with Gasteiger partial charge >= 0.3 is 5.97 Å². The van der Waals surface area contributed by atoms with Crippen molar-refractivity contribution in [1.29, 1.82) is 0 Å². The lowest BCUT2D eigenvalue weighted by molar-refractivity contribution is -0.139. The highest BCUT2D eigenvalue weighted by Crippen LogP contribution is 2.32. The second kappa shape index (κ2) is 7.31. The number of allylic oxidation sites excluding steroid dienone is 2. The lowest BCUT2D eigenvalue weighted by atomic mass is 9.77. The first-order valence-electron chi connectivity index (χ1n) is 6.11. The quantitative estimate of drug-likeness (QED) is 0.843. The summed E-state index contributed by atoms with van der Waals surface area (Å²) >= 11 is 0. The average molecular weight is 256 g/mol. The summed E-state index contributed by atoms with van der Waals surface area (Å²) < 4.78 is 4.68. The molecule has 4 nitrogen and oxygen atoms in total. The molecule has 0 amide bonds. The molecule has 0 aromatic heterocycles. The Balaban J connectivity index is 0.000000331. The van der Waals surface area contributed by atoms with Gasteiger partial charge in [-0.3, -0.25) is 9.59 Å². The highest BCUT2D eigenvalue weighted by molar-refractivity contribution is 5.91. The predicted molar refractivity (Wildman–Crippen MR) is 70.5 cm³/mol. The molecule has 0 saturated carbocycles. The molecule has 1 rings (SSSR count). The number of ether oxygens (including phenoxy) is 1. The highest BCUT2D eigenvalue weighted by atomic mass is 16.5. The summed E-state index contributed by atoms with van der Waals surface area (Å²) in [6.45, 7) is 8.02. The Hall–Kier alpha value is -1.16. The zero-order valence-electron chi connectivity index (χ0n) is 11.9. The molecule has 1 N–H and O–H groups in total. The van der Waals surface area contributed by atoms with E-state index in [1.54, 1.807) is 13.0 Å². The van der Waals surface area contributed by atoms with Gasteiger partial charge in [0.2, 0.25) is 0 Å². The number of carbonyl (C=O) groups is 2. The van der Waals surface area contributed by atoms with E-state index in [0.29, 0.717) is 6.42 Å². The van der Waals surface area contributed by atoms with Gasteiger partial charge in [0.1, 0.15) is 0 Å². The molecule has 1 atom stereocenters. The van der Waals surface area contributed by atoms with Gasteiger partial charge in [-0.25, -0.2) is 0 Å². The van der Waals surface area contributed by atoms with Crippen molar-refractivity contribution >= 4 is 11.8 Å². The summed E-state index contributed by atoms with van der Waals surface area (Å²) in [5, 5.41) is 8.14. The molecule has 4 heteroatoms. The fourth-order valence-electron chi connectivity index (χ4n) is 2.00. The van der Waals surface area contributed by atoms with Gasteiger partial charge in [0, 0.05) is 13.5 Å². The number of hydrogen-bond donors (Lipinski definition) is 1. The minimum atomic E-state index is -0.820. The summed E-state index contributed by atoms with van der Waals surface area (Å²) in [4.78, 5) is 20.9. The molecule has 0 spiro atoms. The summed E-state index contributed by atoms with van der Waals surface area (Å²) in [5.41, 5.74) is 1.43. The molecule has 1 aliphatic rings. The predicted octanol–water partition coefficient (Wildman–Crippen LogP) is 2.82. The van der Waals surface area contributed by atoms with Gasteiger partial charge in [-0.05, 0) is 31.8 Å². The molecule has 0 aromatic carbocycles. The van der Waals surface area contributed by atoms with E-state index < -0.39 is 5.97 Å². The Bertz CT molecular complexity index is 329. The second-order valence-electron chi connectivity index (χ2n) is 5.62. The zero-order chi connectivity index (χ0) is 14.3. The maximum atomic E-state index is 11.0. The zero-order valence-corrected chi connectivity index (χ0v) is 11.9. The molecule has 0 bridgehead atoms. The SMILES string of the molecule is CC1=CC(=O)CC(C)(C)C1.COC(C)CC(=O)O. The fourth-order valence-corrected chi connectivity index (χ4v) is 2.00. The first kappa shape index (κ1) is 16.8. The van der Waals surface area contributed by atoms with Gasteiger partial charge < -0.3 is 9.84 Å². The van der Waals surface area contributed by atoms with Gasteiger partial charge in [-0.15, -0.1) is 0 Å². The molecular formula is C14H24O4. The van der Waals surface area contributed by atoms with E-state index in [2.05, 4.69) is 18.6 Å². The minimum Gasteiger partial charge on any atom is -0.481 e. The van der Waals surface area contributed by atoms with Crippen LogP contribution in [0.1, 0.15) is 47.0 Å². The lowest BCUT2D eigenvalue weighted by Crippen LogP contribution is -2.20. The lowest BCUT2D eigenvalue weighted by Gasteiger charge is -2.27. The molecule has 0 fully saturated rings.